The van der Waals surface area contributed by atoms with Gasteiger partial charge in [0.05, 0.1) is 53.7 Å². The molecule has 18 heavy (non-hydrogen) atoms. The van der Waals surface area contributed by atoms with Crippen molar-refractivity contribution in [1.82, 2.24) is 0 Å². The van der Waals surface area contributed by atoms with Gasteiger partial charge in [0.1, 0.15) is 0 Å². The molecule has 0 aliphatic carbocycles. The van der Waals surface area contributed by atoms with E-state index in [2.05, 4.69) is 69.0 Å². The van der Waals surface area contributed by atoms with Crippen molar-refractivity contribution in [1.29, 1.82) is 0 Å². The molecule has 0 N–H and O–H groups in total. The van der Waals surface area contributed by atoms with Crippen molar-refractivity contribution in [2.24, 2.45) is 10.8 Å². The number of nitrogens with zero attached hydrogens (tertiary/aromatic N) is 2. The Hall–Kier alpha value is -0.600. The topological polar surface area (TPSA) is 0 Å². The first-order chi connectivity index (χ1) is 7.79. The van der Waals surface area contributed by atoms with Crippen molar-refractivity contribution in [3.8, 4) is 0 Å². The third-order valence-electron chi connectivity index (χ3n) is 4.43. The van der Waals surface area contributed by atoms with Gasteiger partial charge in [0.2, 0.25) is 0 Å². The predicted molar refractivity (Wildman–Crippen MR) is 81.9 cm³/mol. The van der Waals surface area contributed by atoms with E-state index in [9.17, 15) is 0 Å². The molecular formula is C16H34N2+2. The summed E-state index contributed by atoms with van der Waals surface area (Å²) >= 11 is 0. The maximum Gasteiger partial charge on any atom is 0.0883 e. The normalized spacial score (nSPS) is 14.4. The van der Waals surface area contributed by atoms with Gasteiger partial charge in [-0.05, 0) is 13.2 Å². The molecular weight excluding hydrogens is 220 g/mol. The van der Waals surface area contributed by atoms with Crippen LogP contribution in [0.5, 0.6) is 0 Å². The minimum atomic E-state index is 0.225. The van der Waals surface area contributed by atoms with Crippen LogP contribution in [0.4, 0.5) is 0 Å². The maximum atomic E-state index is 3.94. The molecule has 0 saturated heterocycles. The molecule has 0 bridgehead atoms. The molecule has 0 rings (SSSR count). The van der Waals surface area contributed by atoms with Crippen LogP contribution in [0.1, 0.15) is 27.7 Å². The van der Waals surface area contributed by atoms with Gasteiger partial charge in [-0.2, -0.15) is 0 Å². The summed E-state index contributed by atoms with van der Waals surface area (Å²) in [6.07, 6.45) is 4.04. The van der Waals surface area contributed by atoms with Gasteiger partial charge < -0.3 is 8.97 Å². The summed E-state index contributed by atoms with van der Waals surface area (Å²) in [6.45, 7) is 19.5. The Balaban J connectivity index is 5.08. The maximum absolute atomic E-state index is 3.94. The molecule has 0 amide bonds. The Morgan fingerprint density at radius 2 is 0.944 bits per heavy atom. The van der Waals surface area contributed by atoms with Gasteiger partial charge in [-0.1, -0.05) is 27.7 Å². The molecule has 0 aromatic heterocycles. The fraction of sp³-hybridized carbons (Fsp3) is 0.750. The van der Waals surface area contributed by atoms with E-state index in [1.165, 1.54) is 0 Å². The molecule has 0 aromatic rings. The van der Waals surface area contributed by atoms with Crippen molar-refractivity contribution in [2.45, 2.75) is 27.7 Å². The van der Waals surface area contributed by atoms with Crippen molar-refractivity contribution >= 4 is 0 Å². The summed E-state index contributed by atoms with van der Waals surface area (Å²) in [5.41, 5.74) is 0.451. The molecule has 0 unspecified atom stereocenters. The Morgan fingerprint density at radius 1 is 0.722 bits per heavy atom. The van der Waals surface area contributed by atoms with Crippen LogP contribution in [0.25, 0.3) is 0 Å². The van der Waals surface area contributed by atoms with Crippen LogP contribution >= 0.6 is 0 Å². The van der Waals surface area contributed by atoms with Crippen molar-refractivity contribution < 1.29 is 8.97 Å². The number of quaternary nitrogens is 2. The van der Waals surface area contributed by atoms with E-state index >= 15 is 0 Å². The summed E-state index contributed by atoms with van der Waals surface area (Å²) in [7, 11) is 8.83. The fourth-order valence-electron chi connectivity index (χ4n) is 2.59. The second-order valence-corrected chi connectivity index (χ2v) is 8.01. The highest BCUT2D eigenvalue weighted by Crippen LogP contribution is 2.41. The molecule has 0 fully saturated rings. The summed E-state index contributed by atoms with van der Waals surface area (Å²) < 4.78 is 1.69. The van der Waals surface area contributed by atoms with Crippen LogP contribution in [0.2, 0.25) is 0 Å². The highest BCUT2D eigenvalue weighted by Gasteiger charge is 2.44. The zero-order valence-corrected chi connectivity index (χ0v) is 13.9. The standard InChI is InChI=1S/C16H34N2/c1-11-17(7,8)13-15(3,4)16(5,6)14-18(9,10)12-2/h11-12H,1-2,13-14H2,3-10H3/q+2. The van der Waals surface area contributed by atoms with Gasteiger partial charge in [-0.15, -0.1) is 0 Å². The van der Waals surface area contributed by atoms with Gasteiger partial charge in [-0.3, -0.25) is 0 Å². The molecule has 0 aliphatic heterocycles. The molecule has 0 heterocycles. The van der Waals surface area contributed by atoms with Gasteiger partial charge in [0.25, 0.3) is 0 Å². The quantitative estimate of drug-likeness (QED) is 0.610. The van der Waals surface area contributed by atoms with Crippen LogP contribution in [-0.2, 0) is 0 Å². The smallest absolute Gasteiger partial charge is 0.0883 e. The van der Waals surface area contributed by atoms with Crippen LogP contribution in [0.3, 0.4) is 0 Å². The molecule has 0 aliphatic rings. The van der Waals surface area contributed by atoms with Crippen LogP contribution in [-0.4, -0.2) is 50.2 Å². The van der Waals surface area contributed by atoms with E-state index in [0.29, 0.717) is 0 Å². The number of hydrogen-bond donors (Lipinski definition) is 0. The van der Waals surface area contributed by atoms with Crippen LogP contribution < -0.4 is 0 Å². The third-order valence-corrected chi connectivity index (χ3v) is 4.43. The van der Waals surface area contributed by atoms with Crippen molar-refractivity contribution in [2.75, 3.05) is 41.3 Å². The zero-order valence-electron chi connectivity index (χ0n) is 13.9. The first-order valence-corrected chi connectivity index (χ1v) is 6.71. The van der Waals surface area contributed by atoms with E-state index in [-0.39, 0.29) is 10.8 Å². The molecule has 106 valence electrons. The third kappa shape index (κ3) is 4.58. The number of rotatable bonds is 7. The Labute approximate surface area is 115 Å². The molecule has 2 nitrogen and oxygen atoms in total. The monoisotopic (exact) mass is 254 g/mol. The lowest BCUT2D eigenvalue weighted by molar-refractivity contribution is -0.858. The van der Waals surface area contributed by atoms with E-state index in [0.717, 1.165) is 22.1 Å². The van der Waals surface area contributed by atoms with Gasteiger partial charge >= 0.3 is 0 Å². The average Bonchev–Trinajstić information content (AvgIpc) is 2.14. The fourth-order valence-corrected chi connectivity index (χ4v) is 2.59. The van der Waals surface area contributed by atoms with Gasteiger partial charge in [0, 0.05) is 10.8 Å². The predicted octanol–water partition coefficient (Wildman–Crippen LogP) is 3.48. The Morgan fingerprint density at radius 3 is 1.11 bits per heavy atom. The van der Waals surface area contributed by atoms with Gasteiger partial charge in [-0.25, -0.2) is 0 Å². The lowest BCUT2D eigenvalue weighted by Crippen LogP contribution is -2.53. The van der Waals surface area contributed by atoms with E-state index < -0.39 is 0 Å². The summed E-state index contributed by atoms with van der Waals surface area (Å²) in [4.78, 5) is 0. The SMILES string of the molecule is C=C[N+](C)(C)CC(C)(C)C(C)(C)C[N+](C)(C)C=C. The Kier molecular flexibility index (Phi) is 5.01. The average molecular weight is 254 g/mol. The van der Waals surface area contributed by atoms with Crippen LogP contribution in [0.15, 0.2) is 25.6 Å². The number of hydrogen-bond acceptors (Lipinski definition) is 0. The lowest BCUT2D eigenvalue weighted by Gasteiger charge is -2.47. The molecule has 0 spiro atoms. The lowest BCUT2D eigenvalue weighted by atomic mass is 9.66. The van der Waals surface area contributed by atoms with Gasteiger partial charge in [0.15, 0.2) is 0 Å². The molecule has 0 radical (unpaired) electrons. The molecule has 0 aromatic carbocycles. The molecule has 2 heteroatoms. The largest absolute Gasteiger partial charge is 0.302 e. The highest BCUT2D eigenvalue weighted by atomic mass is 15.3. The summed E-state index contributed by atoms with van der Waals surface area (Å²) in [6, 6.07) is 0. The first kappa shape index (κ1) is 17.4. The minimum Gasteiger partial charge on any atom is -0.302 e. The summed E-state index contributed by atoms with van der Waals surface area (Å²) in [5.74, 6) is 0. The van der Waals surface area contributed by atoms with Crippen molar-refractivity contribution in [3.63, 3.8) is 0 Å². The van der Waals surface area contributed by atoms with Crippen LogP contribution in [0, 0.1) is 10.8 Å². The zero-order chi connectivity index (χ0) is 14.8. The van der Waals surface area contributed by atoms with Crippen molar-refractivity contribution in [3.05, 3.63) is 25.6 Å². The van der Waals surface area contributed by atoms with E-state index in [1.54, 1.807) is 0 Å². The molecule has 0 atom stereocenters. The highest BCUT2D eigenvalue weighted by molar-refractivity contribution is 4.87. The summed E-state index contributed by atoms with van der Waals surface area (Å²) in [5, 5.41) is 0. The second-order valence-electron chi connectivity index (χ2n) is 8.01. The Bertz CT molecular complexity index is 277. The molecule has 0 saturated carbocycles. The van der Waals surface area contributed by atoms with E-state index in [1.807, 2.05) is 12.4 Å². The first-order valence-electron chi connectivity index (χ1n) is 6.71. The second kappa shape index (κ2) is 5.18. The minimum absolute atomic E-state index is 0.225. The van der Waals surface area contributed by atoms with E-state index in [4.69, 9.17) is 0 Å².